The van der Waals surface area contributed by atoms with E-state index >= 15 is 0 Å². The van der Waals surface area contributed by atoms with Crippen molar-refractivity contribution >= 4 is 11.7 Å². The second-order valence-electron chi connectivity index (χ2n) is 6.15. The lowest BCUT2D eigenvalue weighted by atomic mass is 10.1. The fraction of sp³-hybridized carbons (Fsp3) is 0.421. The predicted octanol–water partition coefficient (Wildman–Crippen LogP) is 2.22. The maximum Gasteiger partial charge on any atom is 0.255 e. The molecule has 0 atom stereocenters. The van der Waals surface area contributed by atoms with E-state index in [4.69, 9.17) is 9.47 Å². The van der Waals surface area contributed by atoms with Crippen molar-refractivity contribution in [3.8, 4) is 5.75 Å². The SMILES string of the molecule is COCCNc1ccc(C(=O)N2CCC(Oc3cccnc3)CC2)cn1. The van der Waals surface area contributed by atoms with Gasteiger partial charge in [0.25, 0.3) is 5.91 Å². The van der Waals surface area contributed by atoms with Crippen LogP contribution < -0.4 is 10.1 Å². The third-order valence-corrected chi connectivity index (χ3v) is 4.29. The second-order valence-corrected chi connectivity index (χ2v) is 6.15. The van der Waals surface area contributed by atoms with Crippen LogP contribution in [0, 0.1) is 0 Å². The van der Waals surface area contributed by atoms with E-state index in [-0.39, 0.29) is 12.0 Å². The van der Waals surface area contributed by atoms with E-state index in [1.54, 1.807) is 25.7 Å². The Kier molecular flexibility index (Phi) is 6.38. The molecule has 3 rings (SSSR count). The van der Waals surface area contributed by atoms with Gasteiger partial charge in [0.2, 0.25) is 0 Å². The van der Waals surface area contributed by atoms with Gasteiger partial charge >= 0.3 is 0 Å². The van der Waals surface area contributed by atoms with Crippen LogP contribution in [0.5, 0.6) is 5.75 Å². The zero-order chi connectivity index (χ0) is 18.2. The molecule has 1 aliphatic rings. The Balaban J connectivity index is 1.48. The standard InChI is InChI=1S/C19H24N4O3/c1-25-12-9-21-18-5-4-15(13-22-18)19(24)23-10-6-16(7-11-23)26-17-3-2-8-20-14-17/h2-5,8,13-14,16H,6-7,9-12H2,1H3,(H,21,22). The molecule has 26 heavy (non-hydrogen) atoms. The quantitative estimate of drug-likeness (QED) is 0.767. The van der Waals surface area contributed by atoms with Gasteiger partial charge in [-0.25, -0.2) is 4.98 Å². The van der Waals surface area contributed by atoms with Crippen LogP contribution in [0.3, 0.4) is 0 Å². The van der Waals surface area contributed by atoms with Crippen LogP contribution in [0.25, 0.3) is 0 Å². The minimum absolute atomic E-state index is 0.0146. The highest BCUT2D eigenvalue weighted by Crippen LogP contribution is 2.19. The molecule has 138 valence electrons. The Morgan fingerprint density at radius 2 is 2.12 bits per heavy atom. The highest BCUT2D eigenvalue weighted by Gasteiger charge is 2.24. The number of piperidine rings is 1. The van der Waals surface area contributed by atoms with Gasteiger partial charge < -0.3 is 19.7 Å². The number of ether oxygens (including phenoxy) is 2. The Labute approximate surface area is 153 Å². The van der Waals surface area contributed by atoms with Gasteiger partial charge in [-0.15, -0.1) is 0 Å². The lowest BCUT2D eigenvalue weighted by Crippen LogP contribution is -2.41. The molecule has 0 bridgehead atoms. The minimum atomic E-state index is 0.0146. The molecule has 1 N–H and O–H groups in total. The largest absolute Gasteiger partial charge is 0.489 e. The summed E-state index contributed by atoms with van der Waals surface area (Å²) < 4.78 is 10.9. The first kappa shape index (κ1) is 18.1. The van der Waals surface area contributed by atoms with Crippen molar-refractivity contribution in [2.45, 2.75) is 18.9 Å². The minimum Gasteiger partial charge on any atom is -0.489 e. The number of nitrogens with zero attached hydrogens (tertiary/aromatic N) is 3. The summed E-state index contributed by atoms with van der Waals surface area (Å²) in [7, 11) is 1.65. The van der Waals surface area contributed by atoms with E-state index < -0.39 is 0 Å². The van der Waals surface area contributed by atoms with Gasteiger partial charge in [0.15, 0.2) is 0 Å². The molecule has 7 heteroatoms. The summed E-state index contributed by atoms with van der Waals surface area (Å²) in [6.07, 6.45) is 6.80. The first-order valence-corrected chi connectivity index (χ1v) is 8.81. The van der Waals surface area contributed by atoms with Gasteiger partial charge in [-0.05, 0) is 24.3 Å². The van der Waals surface area contributed by atoms with Crippen molar-refractivity contribution in [2.75, 3.05) is 38.7 Å². The molecule has 0 radical (unpaired) electrons. The van der Waals surface area contributed by atoms with Gasteiger partial charge in [0.1, 0.15) is 17.7 Å². The Bertz CT molecular complexity index is 686. The van der Waals surface area contributed by atoms with Crippen molar-refractivity contribution in [3.05, 3.63) is 48.4 Å². The average Bonchev–Trinajstić information content (AvgIpc) is 2.70. The highest BCUT2D eigenvalue weighted by atomic mass is 16.5. The zero-order valence-corrected chi connectivity index (χ0v) is 14.9. The third kappa shape index (κ3) is 4.92. The molecule has 0 aliphatic carbocycles. The Morgan fingerprint density at radius 1 is 1.27 bits per heavy atom. The number of aromatic nitrogens is 2. The normalized spacial score (nSPS) is 14.9. The number of carbonyl (C=O) groups is 1. The number of likely N-dealkylation sites (tertiary alicyclic amines) is 1. The third-order valence-electron chi connectivity index (χ3n) is 4.29. The van der Waals surface area contributed by atoms with E-state index in [0.717, 1.165) is 24.4 Å². The number of carbonyl (C=O) groups excluding carboxylic acids is 1. The number of hydrogen-bond acceptors (Lipinski definition) is 6. The molecule has 7 nitrogen and oxygen atoms in total. The van der Waals surface area contributed by atoms with E-state index in [1.165, 1.54) is 0 Å². The van der Waals surface area contributed by atoms with Crippen LogP contribution in [0.15, 0.2) is 42.9 Å². The zero-order valence-electron chi connectivity index (χ0n) is 14.9. The van der Waals surface area contributed by atoms with Crippen LogP contribution in [-0.2, 0) is 4.74 Å². The summed E-state index contributed by atoms with van der Waals surface area (Å²) in [6.45, 7) is 2.65. The average molecular weight is 356 g/mol. The van der Waals surface area contributed by atoms with Crippen LogP contribution in [0.4, 0.5) is 5.82 Å². The van der Waals surface area contributed by atoms with Gasteiger partial charge in [-0.3, -0.25) is 9.78 Å². The molecule has 1 saturated heterocycles. The van der Waals surface area contributed by atoms with Crippen LogP contribution >= 0.6 is 0 Å². The second kappa shape index (κ2) is 9.15. The number of pyridine rings is 2. The van der Waals surface area contributed by atoms with Crippen molar-refractivity contribution in [1.82, 2.24) is 14.9 Å². The molecule has 2 aromatic rings. The summed E-state index contributed by atoms with van der Waals surface area (Å²) >= 11 is 0. The lowest BCUT2D eigenvalue weighted by Gasteiger charge is -2.32. The molecule has 1 fully saturated rings. The first-order chi connectivity index (χ1) is 12.8. The number of hydrogen-bond donors (Lipinski definition) is 1. The molecular formula is C19H24N4O3. The first-order valence-electron chi connectivity index (χ1n) is 8.81. The van der Waals surface area contributed by atoms with Crippen molar-refractivity contribution in [1.29, 1.82) is 0 Å². The molecule has 0 unspecified atom stereocenters. The van der Waals surface area contributed by atoms with E-state index in [0.29, 0.717) is 31.8 Å². The van der Waals surface area contributed by atoms with Crippen LogP contribution in [0.1, 0.15) is 23.2 Å². The summed E-state index contributed by atoms with van der Waals surface area (Å²) in [5.74, 6) is 1.53. The molecule has 2 aromatic heterocycles. The summed E-state index contributed by atoms with van der Waals surface area (Å²) in [5, 5.41) is 3.14. The van der Waals surface area contributed by atoms with E-state index in [9.17, 15) is 4.79 Å². The smallest absolute Gasteiger partial charge is 0.255 e. The summed E-state index contributed by atoms with van der Waals surface area (Å²) in [6, 6.07) is 7.39. The fourth-order valence-electron chi connectivity index (χ4n) is 2.87. The van der Waals surface area contributed by atoms with Gasteiger partial charge in [0, 0.05) is 52.0 Å². The van der Waals surface area contributed by atoms with Crippen molar-refractivity contribution in [3.63, 3.8) is 0 Å². The fourth-order valence-corrected chi connectivity index (χ4v) is 2.87. The maximum atomic E-state index is 12.6. The summed E-state index contributed by atoms with van der Waals surface area (Å²) in [5.41, 5.74) is 0.605. The number of nitrogens with one attached hydrogen (secondary N) is 1. The van der Waals surface area contributed by atoms with Crippen LogP contribution in [0.2, 0.25) is 0 Å². The molecule has 0 aromatic carbocycles. The topological polar surface area (TPSA) is 76.6 Å². The van der Waals surface area contributed by atoms with Crippen molar-refractivity contribution in [2.24, 2.45) is 0 Å². The molecule has 0 spiro atoms. The highest BCUT2D eigenvalue weighted by molar-refractivity contribution is 5.94. The number of methoxy groups -OCH3 is 1. The van der Waals surface area contributed by atoms with E-state index in [2.05, 4.69) is 15.3 Å². The molecule has 3 heterocycles. The van der Waals surface area contributed by atoms with Gasteiger partial charge in [-0.1, -0.05) is 0 Å². The van der Waals surface area contributed by atoms with E-state index in [1.807, 2.05) is 29.2 Å². The molecule has 0 saturated carbocycles. The number of amides is 1. The Hall–Kier alpha value is -2.67. The van der Waals surface area contributed by atoms with Gasteiger partial charge in [0.05, 0.1) is 18.4 Å². The Morgan fingerprint density at radius 3 is 2.77 bits per heavy atom. The predicted molar refractivity (Wildman–Crippen MR) is 98.4 cm³/mol. The summed E-state index contributed by atoms with van der Waals surface area (Å²) in [4.78, 5) is 22.8. The van der Waals surface area contributed by atoms with Gasteiger partial charge in [-0.2, -0.15) is 0 Å². The number of anilines is 1. The molecular weight excluding hydrogens is 332 g/mol. The molecule has 1 amide bonds. The lowest BCUT2D eigenvalue weighted by molar-refractivity contribution is 0.0594. The maximum absolute atomic E-state index is 12.6. The monoisotopic (exact) mass is 356 g/mol. The molecule has 1 aliphatic heterocycles. The number of rotatable bonds is 7. The van der Waals surface area contributed by atoms with Crippen molar-refractivity contribution < 1.29 is 14.3 Å². The van der Waals surface area contributed by atoms with Crippen LogP contribution in [-0.4, -0.2) is 60.2 Å².